The summed E-state index contributed by atoms with van der Waals surface area (Å²) in [7, 11) is 1.55. The van der Waals surface area contributed by atoms with Crippen LogP contribution >= 0.6 is 0 Å². The molecule has 162 valence electrons. The first-order valence-electron chi connectivity index (χ1n) is 9.24. The molecule has 0 spiro atoms. The monoisotopic (exact) mass is 440 g/mol. The molecule has 0 saturated carbocycles. The standard InChI is InChI=1S/C21H15F3N6O2/c1-29-8-6-13(9-19(29)31)20(32)27-18-5-4-15(12-26-18)30-17(21(22,23)24)10-16(28-30)14-3-2-7-25-11-14/h2-12H,1H3,(H,26,27,32). The van der Waals surface area contributed by atoms with Gasteiger partial charge in [0.15, 0.2) is 0 Å². The highest BCUT2D eigenvalue weighted by atomic mass is 19.4. The molecule has 0 aliphatic heterocycles. The van der Waals surface area contributed by atoms with Crippen LogP contribution in [0, 0.1) is 0 Å². The predicted octanol–water partition coefficient (Wildman–Crippen LogP) is 3.30. The summed E-state index contributed by atoms with van der Waals surface area (Å²) in [4.78, 5) is 31.9. The number of anilines is 1. The van der Waals surface area contributed by atoms with E-state index in [1.807, 2.05) is 0 Å². The summed E-state index contributed by atoms with van der Waals surface area (Å²) in [6, 6.07) is 9.47. The lowest BCUT2D eigenvalue weighted by Crippen LogP contribution is -2.20. The second kappa shape index (κ2) is 8.10. The average Bonchev–Trinajstić information content (AvgIpc) is 3.23. The van der Waals surface area contributed by atoms with Gasteiger partial charge in [0.25, 0.3) is 11.5 Å². The number of pyridine rings is 3. The Kier molecular flexibility index (Phi) is 5.31. The maximum atomic E-state index is 13.6. The zero-order chi connectivity index (χ0) is 22.9. The van der Waals surface area contributed by atoms with Crippen LogP contribution in [0.3, 0.4) is 0 Å². The van der Waals surface area contributed by atoms with Gasteiger partial charge in [-0.1, -0.05) is 0 Å². The van der Waals surface area contributed by atoms with Crippen LogP contribution in [0.2, 0.25) is 0 Å². The summed E-state index contributed by atoms with van der Waals surface area (Å²) in [6.45, 7) is 0. The summed E-state index contributed by atoms with van der Waals surface area (Å²) in [5.41, 5.74) is -0.611. The van der Waals surface area contributed by atoms with E-state index in [1.54, 1.807) is 19.2 Å². The van der Waals surface area contributed by atoms with Crippen LogP contribution < -0.4 is 10.9 Å². The molecule has 0 bridgehead atoms. The van der Waals surface area contributed by atoms with E-state index in [2.05, 4.69) is 20.4 Å². The van der Waals surface area contributed by atoms with E-state index >= 15 is 0 Å². The third-order valence-corrected chi connectivity index (χ3v) is 4.56. The van der Waals surface area contributed by atoms with Crippen molar-refractivity contribution in [1.29, 1.82) is 0 Å². The van der Waals surface area contributed by atoms with Gasteiger partial charge in [0, 0.05) is 42.8 Å². The number of hydrogen-bond acceptors (Lipinski definition) is 5. The molecule has 0 unspecified atom stereocenters. The number of carbonyl (C=O) groups excluding carboxylic acids is 1. The van der Waals surface area contributed by atoms with E-state index in [4.69, 9.17) is 0 Å². The largest absolute Gasteiger partial charge is 0.433 e. The van der Waals surface area contributed by atoms with Crippen molar-refractivity contribution in [3.63, 3.8) is 0 Å². The smallest absolute Gasteiger partial charge is 0.319 e. The second-order valence-electron chi connectivity index (χ2n) is 6.79. The van der Waals surface area contributed by atoms with Crippen molar-refractivity contribution in [3.05, 3.63) is 88.9 Å². The van der Waals surface area contributed by atoms with E-state index in [-0.39, 0.29) is 28.3 Å². The highest BCUT2D eigenvalue weighted by Crippen LogP contribution is 2.33. The Morgan fingerprint density at radius 1 is 1.09 bits per heavy atom. The Labute approximate surface area is 179 Å². The zero-order valence-electron chi connectivity index (χ0n) is 16.5. The number of halogens is 3. The highest BCUT2D eigenvalue weighted by molar-refractivity contribution is 6.03. The molecule has 32 heavy (non-hydrogen) atoms. The Morgan fingerprint density at radius 3 is 2.53 bits per heavy atom. The molecule has 11 heteroatoms. The molecule has 4 rings (SSSR count). The van der Waals surface area contributed by atoms with Gasteiger partial charge in [0.1, 0.15) is 11.5 Å². The van der Waals surface area contributed by atoms with Gasteiger partial charge < -0.3 is 9.88 Å². The molecule has 0 aromatic carbocycles. The van der Waals surface area contributed by atoms with Gasteiger partial charge in [0.2, 0.25) is 0 Å². The topological polar surface area (TPSA) is 94.7 Å². The predicted molar refractivity (Wildman–Crippen MR) is 109 cm³/mol. The minimum Gasteiger partial charge on any atom is -0.319 e. The number of nitrogens with one attached hydrogen (secondary N) is 1. The summed E-state index contributed by atoms with van der Waals surface area (Å²) < 4.78 is 42.8. The quantitative estimate of drug-likeness (QED) is 0.526. The average molecular weight is 440 g/mol. The Morgan fingerprint density at radius 2 is 1.91 bits per heavy atom. The first-order valence-corrected chi connectivity index (χ1v) is 9.24. The van der Waals surface area contributed by atoms with Gasteiger partial charge >= 0.3 is 6.18 Å². The van der Waals surface area contributed by atoms with Gasteiger partial charge in [-0.2, -0.15) is 18.3 Å². The number of aryl methyl sites for hydroxylation is 1. The van der Waals surface area contributed by atoms with Crippen molar-refractivity contribution in [1.82, 2.24) is 24.3 Å². The van der Waals surface area contributed by atoms with Crippen LogP contribution in [0.15, 0.2) is 72.0 Å². The lowest BCUT2D eigenvalue weighted by atomic mass is 10.2. The summed E-state index contributed by atoms with van der Waals surface area (Å²) >= 11 is 0. The lowest BCUT2D eigenvalue weighted by molar-refractivity contribution is -0.142. The minimum atomic E-state index is -4.65. The molecule has 1 amide bonds. The maximum absolute atomic E-state index is 13.6. The van der Waals surface area contributed by atoms with Crippen molar-refractivity contribution in [2.24, 2.45) is 7.05 Å². The number of carbonyl (C=O) groups is 1. The van der Waals surface area contributed by atoms with Crippen LogP contribution in [0.4, 0.5) is 19.0 Å². The van der Waals surface area contributed by atoms with Crippen molar-refractivity contribution in [3.8, 4) is 16.9 Å². The molecular formula is C21H15F3N6O2. The van der Waals surface area contributed by atoms with Gasteiger partial charge in [-0.15, -0.1) is 0 Å². The molecule has 4 heterocycles. The molecule has 0 atom stereocenters. The van der Waals surface area contributed by atoms with E-state index in [0.717, 1.165) is 16.9 Å². The van der Waals surface area contributed by atoms with Gasteiger partial charge in [-0.3, -0.25) is 14.6 Å². The molecule has 0 fully saturated rings. The second-order valence-corrected chi connectivity index (χ2v) is 6.79. The number of amides is 1. The van der Waals surface area contributed by atoms with Crippen molar-refractivity contribution >= 4 is 11.7 Å². The van der Waals surface area contributed by atoms with E-state index in [0.29, 0.717) is 5.56 Å². The fourth-order valence-electron chi connectivity index (χ4n) is 2.90. The number of alkyl halides is 3. The highest BCUT2D eigenvalue weighted by Gasteiger charge is 2.36. The van der Waals surface area contributed by atoms with Crippen LogP contribution in [0.25, 0.3) is 16.9 Å². The van der Waals surface area contributed by atoms with E-state index in [1.165, 1.54) is 47.4 Å². The lowest BCUT2D eigenvalue weighted by Gasteiger charge is -2.10. The Hall–Kier alpha value is -4.28. The molecule has 4 aromatic heterocycles. The van der Waals surface area contributed by atoms with E-state index < -0.39 is 17.8 Å². The van der Waals surface area contributed by atoms with Crippen molar-refractivity contribution in [2.45, 2.75) is 6.18 Å². The number of rotatable bonds is 4. The minimum absolute atomic E-state index is 0.0547. The van der Waals surface area contributed by atoms with E-state index in [9.17, 15) is 22.8 Å². The van der Waals surface area contributed by atoms with Crippen LogP contribution in [-0.2, 0) is 13.2 Å². The molecule has 4 aromatic rings. The van der Waals surface area contributed by atoms with Gasteiger partial charge in [-0.25, -0.2) is 9.67 Å². The summed E-state index contributed by atoms with van der Waals surface area (Å²) in [5, 5.41) is 6.57. The maximum Gasteiger partial charge on any atom is 0.433 e. The molecule has 1 N–H and O–H groups in total. The van der Waals surface area contributed by atoms with Gasteiger partial charge in [-0.05, 0) is 36.4 Å². The molecule has 0 aliphatic rings. The van der Waals surface area contributed by atoms with Crippen LogP contribution in [-0.4, -0.2) is 30.2 Å². The SMILES string of the molecule is Cn1ccc(C(=O)Nc2ccc(-n3nc(-c4cccnc4)cc3C(F)(F)F)cn2)cc1=O. The van der Waals surface area contributed by atoms with Crippen LogP contribution in [0.5, 0.6) is 0 Å². The molecule has 0 radical (unpaired) electrons. The van der Waals surface area contributed by atoms with Crippen molar-refractivity contribution in [2.75, 3.05) is 5.32 Å². The molecule has 0 saturated heterocycles. The summed E-state index contributed by atoms with van der Waals surface area (Å²) in [6.07, 6.45) is 0.884. The fourth-order valence-corrected chi connectivity index (χ4v) is 2.90. The normalized spacial score (nSPS) is 11.4. The fraction of sp³-hybridized carbons (Fsp3) is 0.0952. The van der Waals surface area contributed by atoms with Crippen LogP contribution in [0.1, 0.15) is 16.1 Å². The number of aromatic nitrogens is 5. The molecule has 0 aliphatic carbocycles. The molecular weight excluding hydrogens is 425 g/mol. The number of hydrogen-bond donors (Lipinski definition) is 1. The Balaban J connectivity index is 1.62. The van der Waals surface area contributed by atoms with Gasteiger partial charge in [0.05, 0.1) is 17.6 Å². The summed E-state index contributed by atoms with van der Waals surface area (Å²) in [5.74, 6) is -0.468. The first-order chi connectivity index (χ1) is 15.2. The third kappa shape index (κ3) is 4.26. The first kappa shape index (κ1) is 21.0. The third-order valence-electron chi connectivity index (χ3n) is 4.56. The molecule has 8 nitrogen and oxygen atoms in total. The number of nitrogens with zero attached hydrogens (tertiary/aromatic N) is 5. The van der Waals surface area contributed by atoms with Crippen molar-refractivity contribution < 1.29 is 18.0 Å². The zero-order valence-corrected chi connectivity index (χ0v) is 16.5. The Bertz CT molecular complexity index is 1330.